The molecule has 0 saturated heterocycles. The van der Waals surface area contributed by atoms with E-state index >= 15 is 0 Å². The van der Waals surface area contributed by atoms with E-state index in [2.05, 4.69) is 16.4 Å². The summed E-state index contributed by atoms with van der Waals surface area (Å²) in [4.78, 5) is 17.5. The van der Waals surface area contributed by atoms with Gasteiger partial charge in [0, 0.05) is 26.3 Å². The standard InChI is InChI=1S/C13H17FN4O/c1-4-18(8-9(2)7-15)13(19)10-5-6-17-12(16-3)11(10)14/h5-6,9H,4,8H2,1-3H3,(H,16,17). The van der Waals surface area contributed by atoms with Gasteiger partial charge in [0.25, 0.3) is 5.91 Å². The Morgan fingerprint density at radius 1 is 1.68 bits per heavy atom. The van der Waals surface area contributed by atoms with Crippen molar-refractivity contribution in [2.45, 2.75) is 13.8 Å². The molecule has 0 bridgehead atoms. The largest absolute Gasteiger partial charge is 0.371 e. The summed E-state index contributed by atoms with van der Waals surface area (Å²) in [5.41, 5.74) is -0.0358. The van der Waals surface area contributed by atoms with E-state index in [9.17, 15) is 9.18 Å². The molecule has 0 aliphatic rings. The highest BCUT2D eigenvalue weighted by Crippen LogP contribution is 2.17. The fraction of sp³-hybridized carbons (Fsp3) is 0.462. The lowest BCUT2D eigenvalue weighted by Gasteiger charge is -2.22. The average molecular weight is 264 g/mol. The molecule has 1 rings (SSSR count). The maximum absolute atomic E-state index is 14.0. The van der Waals surface area contributed by atoms with Gasteiger partial charge in [-0.25, -0.2) is 9.37 Å². The van der Waals surface area contributed by atoms with Crippen LogP contribution >= 0.6 is 0 Å². The number of nitriles is 1. The number of carbonyl (C=O) groups is 1. The monoisotopic (exact) mass is 264 g/mol. The van der Waals surface area contributed by atoms with Crippen LogP contribution in [0.3, 0.4) is 0 Å². The minimum absolute atomic E-state index is 0.0358. The zero-order valence-corrected chi connectivity index (χ0v) is 11.3. The van der Waals surface area contributed by atoms with Crippen LogP contribution in [0, 0.1) is 23.1 Å². The molecule has 0 saturated carbocycles. The fourth-order valence-corrected chi connectivity index (χ4v) is 1.68. The summed E-state index contributed by atoms with van der Waals surface area (Å²) in [7, 11) is 1.54. The summed E-state index contributed by atoms with van der Waals surface area (Å²) < 4.78 is 14.0. The number of carbonyl (C=O) groups excluding carboxylic acids is 1. The first kappa shape index (κ1) is 14.9. The smallest absolute Gasteiger partial charge is 0.257 e. The Bertz CT molecular complexity index is 498. The molecule has 102 valence electrons. The first-order valence-electron chi connectivity index (χ1n) is 6.06. The van der Waals surface area contributed by atoms with E-state index in [0.717, 1.165) is 0 Å². The van der Waals surface area contributed by atoms with Crippen LogP contribution in [-0.4, -0.2) is 35.9 Å². The minimum Gasteiger partial charge on any atom is -0.371 e. The number of nitrogens with one attached hydrogen (secondary N) is 1. The lowest BCUT2D eigenvalue weighted by Crippen LogP contribution is -2.35. The van der Waals surface area contributed by atoms with Gasteiger partial charge in [-0.2, -0.15) is 5.26 Å². The van der Waals surface area contributed by atoms with Gasteiger partial charge in [-0.3, -0.25) is 4.79 Å². The number of hydrogen-bond acceptors (Lipinski definition) is 4. The van der Waals surface area contributed by atoms with Crippen molar-refractivity contribution >= 4 is 11.7 Å². The fourth-order valence-electron chi connectivity index (χ4n) is 1.68. The van der Waals surface area contributed by atoms with E-state index in [1.165, 1.54) is 24.2 Å². The van der Waals surface area contributed by atoms with Gasteiger partial charge in [-0.05, 0) is 19.9 Å². The molecule has 1 N–H and O–H groups in total. The minimum atomic E-state index is -0.668. The maximum atomic E-state index is 14.0. The predicted octanol–water partition coefficient (Wildman–Crippen LogP) is 1.88. The molecule has 0 radical (unpaired) electrons. The number of aromatic nitrogens is 1. The van der Waals surface area contributed by atoms with Crippen molar-refractivity contribution < 1.29 is 9.18 Å². The molecular weight excluding hydrogens is 247 g/mol. The Morgan fingerprint density at radius 2 is 2.37 bits per heavy atom. The third-order valence-corrected chi connectivity index (χ3v) is 2.74. The second-order valence-corrected chi connectivity index (χ2v) is 4.15. The molecule has 0 spiro atoms. The van der Waals surface area contributed by atoms with Crippen molar-refractivity contribution in [3.63, 3.8) is 0 Å². The first-order chi connectivity index (χ1) is 9.04. The number of pyridine rings is 1. The number of rotatable bonds is 5. The van der Waals surface area contributed by atoms with Gasteiger partial charge in [-0.15, -0.1) is 0 Å². The van der Waals surface area contributed by atoms with Gasteiger partial charge in [0.05, 0.1) is 17.6 Å². The van der Waals surface area contributed by atoms with Crippen LogP contribution in [0.4, 0.5) is 10.2 Å². The number of anilines is 1. The van der Waals surface area contributed by atoms with Crippen LogP contribution in [0.5, 0.6) is 0 Å². The summed E-state index contributed by atoms with van der Waals surface area (Å²) in [6, 6.07) is 3.41. The predicted molar refractivity (Wildman–Crippen MR) is 70.1 cm³/mol. The van der Waals surface area contributed by atoms with E-state index < -0.39 is 11.7 Å². The van der Waals surface area contributed by atoms with Crippen molar-refractivity contribution in [3.05, 3.63) is 23.6 Å². The van der Waals surface area contributed by atoms with E-state index in [1.807, 2.05) is 0 Å². The van der Waals surface area contributed by atoms with Crippen LogP contribution in [0.1, 0.15) is 24.2 Å². The van der Waals surface area contributed by atoms with E-state index in [0.29, 0.717) is 6.54 Å². The highest BCUT2D eigenvalue weighted by Gasteiger charge is 2.21. The lowest BCUT2D eigenvalue weighted by molar-refractivity contribution is 0.0748. The van der Waals surface area contributed by atoms with Crippen molar-refractivity contribution in [1.82, 2.24) is 9.88 Å². The molecule has 1 aromatic rings. The summed E-state index contributed by atoms with van der Waals surface area (Å²) >= 11 is 0. The molecule has 1 aromatic heterocycles. The van der Waals surface area contributed by atoms with Crippen LogP contribution in [0.2, 0.25) is 0 Å². The molecule has 1 heterocycles. The Morgan fingerprint density at radius 3 is 2.89 bits per heavy atom. The number of amides is 1. The maximum Gasteiger partial charge on any atom is 0.257 e. The van der Waals surface area contributed by atoms with Gasteiger partial charge in [0.1, 0.15) is 0 Å². The molecule has 19 heavy (non-hydrogen) atoms. The van der Waals surface area contributed by atoms with Crippen molar-refractivity contribution in [2.24, 2.45) is 5.92 Å². The Balaban J connectivity index is 3.01. The highest BCUT2D eigenvalue weighted by atomic mass is 19.1. The van der Waals surface area contributed by atoms with Crippen LogP contribution in [0.25, 0.3) is 0 Å². The normalized spacial score (nSPS) is 11.5. The third-order valence-electron chi connectivity index (χ3n) is 2.74. The third kappa shape index (κ3) is 3.41. The molecule has 1 amide bonds. The van der Waals surface area contributed by atoms with Gasteiger partial charge in [-0.1, -0.05) is 0 Å². The molecule has 0 aliphatic heterocycles. The van der Waals surface area contributed by atoms with Gasteiger partial charge < -0.3 is 10.2 Å². The van der Waals surface area contributed by atoms with Crippen LogP contribution < -0.4 is 5.32 Å². The van der Waals surface area contributed by atoms with Crippen molar-refractivity contribution in [2.75, 3.05) is 25.5 Å². The van der Waals surface area contributed by atoms with Crippen LogP contribution in [-0.2, 0) is 0 Å². The van der Waals surface area contributed by atoms with E-state index in [1.54, 1.807) is 13.8 Å². The molecule has 6 heteroatoms. The zero-order valence-electron chi connectivity index (χ0n) is 11.3. The zero-order chi connectivity index (χ0) is 14.4. The topological polar surface area (TPSA) is 69.0 Å². The molecule has 5 nitrogen and oxygen atoms in total. The highest BCUT2D eigenvalue weighted by molar-refractivity contribution is 5.95. The number of nitrogens with zero attached hydrogens (tertiary/aromatic N) is 3. The molecular formula is C13H17FN4O. The summed E-state index contributed by atoms with van der Waals surface area (Å²) in [5.74, 6) is -1.35. The molecule has 1 atom stereocenters. The second-order valence-electron chi connectivity index (χ2n) is 4.15. The van der Waals surface area contributed by atoms with E-state index in [4.69, 9.17) is 5.26 Å². The molecule has 0 aromatic carbocycles. The summed E-state index contributed by atoms with van der Waals surface area (Å²) in [5, 5.41) is 11.4. The lowest BCUT2D eigenvalue weighted by atomic mass is 10.1. The number of halogens is 1. The van der Waals surface area contributed by atoms with E-state index in [-0.39, 0.29) is 23.8 Å². The SMILES string of the molecule is CCN(CC(C)C#N)C(=O)c1ccnc(NC)c1F. The first-order valence-corrected chi connectivity index (χ1v) is 6.06. The Hall–Kier alpha value is -2.16. The molecule has 0 aliphatic carbocycles. The Labute approximate surface area is 112 Å². The molecule has 1 unspecified atom stereocenters. The average Bonchev–Trinajstić information content (AvgIpc) is 2.44. The number of hydrogen-bond donors (Lipinski definition) is 1. The van der Waals surface area contributed by atoms with Gasteiger partial charge in [0.2, 0.25) is 0 Å². The van der Waals surface area contributed by atoms with Crippen LogP contribution in [0.15, 0.2) is 12.3 Å². The summed E-state index contributed by atoms with van der Waals surface area (Å²) in [6.07, 6.45) is 1.38. The quantitative estimate of drug-likeness (QED) is 0.881. The van der Waals surface area contributed by atoms with Gasteiger partial charge >= 0.3 is 0 Å². The molecule has 0 fully saturated rings. The summed E-state index contributed by atoms with van der Waals surface area (Å²) in [6.45, 7) is 4.21. The van der Waals surface area contributed by atoms with Gasteiger partial charge in [0.15, 0.2) is 11.6 Å². The second kappa shape index (κ2) is 6.69. The van der Waals surface area contributed by atoms with Crippen molar-refractivity contribution in [1.29, 1.82) is 5.26 Å². The van der Waals surface area contributed by atoms with Crippen molar-refractivity contribution in [3.8, 4) is 6.07 Å². The Kier molecular flexibility index (Phi) is 5.24.